The van der Waals surface area contributed by atoms with Crippen LogP contribution in [0.15, 0.2) is 132 Å². The van der Waals surface area contributed by atoms with Gasteiger partial charge in [0.05, 0.1) is 5.58 Å². The van der Waals surface area contributed by atoms with E-state index in [0.29, 0.717) is 22.7 Å². The normalized spacial score (nSPS) is 14.8. The van der Waals surface area contributed by atoms with Crippen molar-refractivity contribution < 1.29 is 37.5 Å². The number of para-hydroxylation sites is 1. The van der Waals surface area contributed by atoms with E-state index in [1.807, 2.05) is 60.8 Å². The van der Waals surface area contributed by atoms with E-state index >= 15 is 0 Å². The molecule has 1 radical (unpaired) electrons. The van der Waals surface area contributed by atoms with Crippen LogP contribution >= 0.6 is 0 Å². The summed E-state index contributed by atoms with van der Waals surface area (Å²) in [7, 11) is 0. The number of pyridine rings is 2. The van der Waals surface area contributed by atoms with E-state index in [-0.39, 0.29) is 36.6 Å². The molecule has 5 aromatic carbocycles. The molecule has 0 atom stereocenters. The molecule has 0 N–H and O–H groups in total. The van der Waals surface area contributed by atoms with Crippen LogP contribution in [0.25, 0.3) is 55.6 Å². The summed E-state index contributed by atoms with van der Waals surface area (Å²) in [4.78, 5) is 8.83. The Morgan fingerprint density at radius 1 is 0.755 bits per heavy atom. The molecule has 3 aromatic heterocycles. The molecule has 5 heteroatoms. The van der Waals surface area contributed by atoms with Gasteiger partial charge in [0, 0.05) is 68.7 Å². The minimum Gasteiger partial charge on any atom is -0.500 e. The maximum atomic E-state index is 7.77. The molecule has 0 spiro atoms. The average molecular weight is 875 g/mol. The molecular formula is C48H40IrN2O2-2. The predicted octanol–water partition coefficient (Wildman–Crippen LogP) is 12.8. The van der Waals surface area contributed by atoms with Gasteiger partial charge < -0.3 is 19.1 Å². The summed E-state index contributed by atoms with van der Waals surface area (Å²) in [5, 5.41) is 2.16. The van der Waals surface area contributed by atoms with Crippen molar-refractivity contribution in [2.45, 2.75) is 52.7 Å². The number of benzene rings is 5. The molecule has 0 saturated heterocycles. The van der Waals surface area contributed by atoms with Crippen LogP contribution in [-0.2, 0) is 25.5 Å². The third-order valence-electron chi connectivity index (χ3n) is 9.77. The van der Waals surface area contributed by atoms with E-state index in [4.69, 9.17) is 17.4 Å². The Hall–Kier alpha value is -5.35. The van der Waals surface area contributed by atoms with Crippen molar-refractivity contribution >= 4 is 21.9 Å². The maximum Gasteiger partial charge on any atom is 0.135 e. The first-order chi connectivity index (χ1) is 27.6. The van der Waals surface area contributed by atoms with Gasteiger partial charge in [0.15, 0.2) is 0 Å². The molecule has 0 amide bonds. The molecule has 4 heterocycles. The molecule has 0 fully saturated rings. The first kappa shape index (κ1) is 29.1. The Bertz CT molecular complexity index is 2790. The van der Waals surface area contributed by atoms with E-state index in [0.717, 1.165) is 50.3 Å². The van der Waals surface area contributed by atoms with E-state index in [1.165, 1.54) is 35.0 Å². The molecule has 1 aliphatic heterocycles. The minimum atomic E-state index is -2.27. The van der Waals surface area contributed by atoms with Gasteiger partial charge >= 0.3 is 0 Å². The Kier molecular flexibility index (Phi) is 8.02. The number of ether oxygens (including phenoxy) is 1. The zero-order chi connectivity index (χ0) is 41.0. The van der Waals surface area contributed by atoms with E-state index in [9.17, 15) is 0 Å². The third kappa shape index (κ3) is 6.83. The van der Waals surface area contributed by atoms with Gasteiger partial charge in [-0.2, -0.15) is 0 Å². The number of aryl methyl sites for hydroxylation is 2. The van der Waals surface area contributed by atoms with Crippen molar-refractivity contribution in [3.63, 3.8) is 0 Å². The van der Waals surface area contributed by atoms with Gasteiger partial charge in [-0.15, -0.1) is 47.5 Å². The van der Waals surface area contributed by atoms with Crippen molar-refractivity contribution in [1.29, 1.82) is 0 Å². The maximum absolute atomic E-state index is 7.77. The second-order valence-electron chi connectivity index (χ2n) is 13.9. The fourth-order valence-electron chi connectivity index (χ4n) is 6.86. The number of hydrogen-bond acceptors (Lipinski definition) is 4. The summed E-state index contributed by atoms with van der Waals surface area (Å²) in [6.45, 7) is 4.40. The minimum absolute atomic E-state index is 0. The van der Waals surface area contributed by atoms with Crippen LogP contribution in [0.2, 0.25) is 0 Å². The van der Waals surface area contributed by atoms with Crippen LogP contribution in [0.4, 0.5) is 0 Å². The van der Waals surface area contributed by atoms with E-state index in [2.05, 4.69) is 86.2 Å². The summed E-state index contributed by atoms with van der Waals surface area (Å²) < 4.78 is 58.3. The fourth-order valence-corrected chi connectivity index (χ4v) is 6.86. The van der Waals surface area contributed by atoms with Gasteiger partial charge in [0.25, 0.3) is 0 Å². The van der Waals surface area contributed by atoms with Crippen molar-refractivity contribution in [1.82, 2.24) is 9.97 Å². The number of rotatable bonds is 4. The fraction of sp³-hybridized carbons (Fsp3) is 0.167. The largest absolute Gasteiger partial charge is 0.500 e. The van der Waals surface area contributed by atoms with Gasteiger partial charge in [-0.3, -0.25) is 0 Å². The number of fused-ring (bicyclic) bond motifs is 5. The van der Waals surface area contributed by atoms with Crippen LogP contribution in [-0.4, -0.2) is 9.97 Å². The van der Waals surface area contributed by atoms with Gasteiger partial charge in [-0.1, -0.05) is 123 Å². The van der Waals surface area contributed by atoms with Crippen LogP contribution in [0.1, 0.15) is 69.7 Å². The van der Waals surface area contributed by atoms with Gasteiger partial charge in [-0.25, -0.2) is 0 Å². The summed E-state index contributed by atoms with van der Waals surface area (Å²) in [5.41, 5.74) is 9.73. The van der Waals surface area contributed by atoms with Crippen LogP contribution in [0.5, 0.6) is 11.5 Å². The molecular weight excluding hydrogens is 829 g/mol. The second-order valence-corrected chi connectivity index (χ2v) is 13.9. The average Bonchev–Trinajstić information content (AvgIpc) is 3.58. The number of nitrogens with zero attached hydrogens (tertiary/aromatic N) is 2. The van der Waals surface area contributed by atoms with Gasteiger partial charge in [0.1, 0.15) is 17.1 Å². The van der Waals surface area contributed by atoms with Crippen LogP contribution in [0.3, 0.4) is 0 Å². The second kappa shape index (κ2) is 14.6. The molecule has 0 bridgehead atoms. The van der Waals surface area contributed by atoms with E-state index < -0.39 is 13.7 Å². The predicted molar refractivity (Wildman–Crippen MR) is 212 cm³/mol. The number of furan rings is 1. The van der Waals surface area contributed by atoms with Crippen molar-refractivity contribution in [3.05, 3.63) is 168 Å². The molecule has 1 aliphatic rings. The smallest absolute Gasteiger partial charge is 0.135 e. The molecule has 0 saturated carbocycles. The van der Waals surface area contributed by atoms with Crippen molar-refractivity contribution in [3.8, 4) is 45.1 Å². The first-order valence-electron chi connectivity index (χ1n) is 20.3. The molecule has 9 rings (SSSR count). The summed E-state index contributed by atoms with van der Waals surface area (Å²) in [6, 6.07) is 42.7. The third-order valence-corrected chi connectivity index (χ3v) is 9.77. The molecule has 53 heavy (non-hydrogen) atoms. The number of aromatic nitrogens is 2. The SMILES string of the molecule is CC(C)c1ccnc(-c2[c-]ccc3c2oc2cc4c(cc23)C(C)(C)c2ccccc2O4)c1.[2H]C([2H])([2H])c1ccc(-c2[c-]cc(C([2H])([2H])[2H])c(-c3ccccc3)c2)nc1.[Ir]. The van der Waals surface area contributed by atoms with Crippen molar-refractivity contribution in [2.75, 3.05) is 0 Å². The standard InChI is InChI=1S/C29H24NO2.C19H16N.Ir/c1-17(2)18-12-13-30-24(14-18)20-9-7-8-19-21-15-23-27(16-26(21)32-28(19)20)31-25-11-6-5-10-22(25)29(23,3)4;1-14-8-11-19(20-13-14)17-10-9-15(2)18(12-17)16-6-4-3-5-7-16;/h5-8,10-17H,1-4H3;3-9,11-13H,1-2H3;/q2*-1;/i;1D3,2D3;. The Morgan fingerprint density at radius 3 is 2.36 bits per heavy atom. The molecule has 0 unspecified atom stereocenters. The Balaban J connectivity index is 0.000000180. The van der Waals surface area contributed by atoms with Crippen molar-refractivity contribution in [2.24, 2.45) is 0 Å². The molecule has 4 nitrogen and oxygen atoms in total. The number of hydrogen-bond donors (Lipinski definition) is 0. The summed E-state index contributed by atoms with van der Waals surface area (Å²) in [5.74, 6) is 2.19. The quantitative estimate of drug-likeness (QED) is 0.165. The van der Waals surface area contributed by atoms with Crippen LogP contribution < -0.4 is 4.74 Å². The van der Waals surface area contributed by atoms with Gasteiger partial charge in [0.2, 0.25) is 0 Å². The zero-order valence-corrected chi connectivity index (χ0v) is 32.1. The first-order valence-corrected chi connectivity index (χ1v) is 17.3. The van der Waals surface area contributed by atoms with Gasteiger partial charge in [-0.05, 0) is 53.5 Å². The van der Waals surface area contributed by atoms with E-state index in [1.54, 1.807) is 12.1 Å². The molecule has 265 valence electrons. The molecule has 0 aliphatic carbocycles. The molecule has 8 aromatic rings. The zero-order valence-electron chi connectivity index (χ0n) is 35.7. The summed E-state index contributed by atoms with van der Waals surface area (Å²) >= 11 is 0. The Morgan fingerprint density at radius 2 is 1.58 bits per heavy atom. The van der Waals surface area contributed by atoms with Crippen LogP contribution in [0, 0.1) is 25.8 Å². The topological polar surface area (TPSA) is 48.2 Å². The Labute approximate surface area is 333 Å². The summed E-state index contributed by atoms with van der Waals surface area (Å²) in [6.07, 6.45) is 3.18. The monoisotopic (exact) mass is 875 g/mol.